The monoisotopic (exact) mass is 875 g/mol. The van der Waals surface area contributed by atoms with Gasteiger partial charge in [-0.3, -0.25) is 19.2 Å². The van der Waals surface area contributed by atoms with E-state index < -0.39 is 68.2 Å². The number of ether oxygens (including phenoxy) is 4. The summed E-state index contributed by atoms with van der Waals surface area (Å²) >= 11 is 0. The molecule has 0 bridgehead atoms. The quantitative estimate of drug-likeness (QED) is 0.0482. The van der Waals surface area contributed by atoms with E-state index in [1.165, 1.54) is 27.7 Å². The number of aromatic carboxylic acids is 2. The van der Waals surface area contributed by atoms with E-state index in [2.05, 4.69) is 27.7 Å². The molecule has 0 aliphatic rings. The van der Waals surface area contributed by atoms with Gasteiger partial charge in [0.1, 0.15) is 22.4 Å². The summed E-state index contributed by atoms with van der Waals surface area (Å²) in [5.41, 5.74) is -6.68. The summed E-state index contributed by atoms with van der Waals surface area (Å²) in [7, 11) is 0. The number of carbonyl (C=O) groups is 6. The van der Waals surface area contributed by atoms with Crippen molar-refractivity contribution in [3.63, 3.8) is 0 Å². The minimum atomic E-state index is -1.53. The molecule has 0 amide bonds. The van der Waals surface area contributed by atoms with Crippen molar-refractivity contribution in [3.8, 4) is 0 Å². The van der Waals surface area contributed by atoms with Crippen LogP contribution in [0.25, 0.3) is 0 Å². The normalized spacial score (nSPS) is 13.5. The molecule has 0 saturated heterocycles. The summed E-state index contributed by atoms with van der Waals surface area (Å²) in [4.78, 5) is 78.5. The van der Waals surface area contributed by atoms with Crippen LogP contribution in [0.3, 0.4) is 0 Å². The van der Waals surface area contributed by atoms with E-state index in [-0.39, 0.29) is 24.8 Å². The summed E-state index contributed by atoms with van der Waals surface area (Å²) in [6.45, 7) is 23.1. The summed E-state index contributed by atoms with van der Waals surface area (Å²) in [6.07, 6.45) is 12.9. The number of carbonyl (C=O) groups excluding carboxylic acids is 4. The van der Waals surface area contributed by atoms with Gasteiger partial charge in [0.05, 0.1) is 24.3 Å². The Labute approximate surface area is 373 Å². The third-order valence-corrected chi connectivity index (χ3v) is 12.0. The first-order valence-corrected chi connectivity index (χ1v) is 23.3. The van der Waals surface area contributed by atoms with E-state index in [1.807, 2.05) is 27.7 Å². The van der Waals surface area contributed by atoms with Crippen LogP contribution in [0.2, 0.25) is 0 Å². The summed E-state index contributed by atoms with van der Waals surface area (Å²) in [5, 5.41) is 20.3. The Morgan fingerprint density at radius 2 is 0.806 bits per heavy atom. The topological polar surface area (TPSA) is 180 Å². The van der Waals surface area contributed by atoms with Crippen LogP contribution in [0.4, 0.5) is 0 Å². The van der Waals surface area contributed by atoms with Crippen LogP contribution in [0.5, 0.6) is 0 Å². The lowest BCUT2D eigenvalue weighted by Gasteiger charge is -2.27. The zero-order chi connectivity index (χ0) is 47.3. The molecule has 0 aliphatic heterocycles. The summed E-state index contributed by atoms with van der Waals surface area (Å²) in [6, 6.07) is 1.86. The summed E-state index contributed by atoms with van der Waals surface area (Å²) < 4.78 is 23.9. The van der Waals surface area contributed by atoms with Crippen molar-refractivity contribution < 1.29 is 57.9 Å². The van der Waals surface area contributed by atoms with Gasteiger partial charge in [-0.1, -0.05) is 79.1 Å². The number of unbranched alkanes of at least 4 members (excludes halogenated alkanes) is 6. The van der Waals surface area contributed by atoms with Crippen molar-refractivity contribution in [3.05, 3.63) is 34.4 Å². The number of rotatable bonds is 36. The van der Waals surface area contributed by atoms with Gasteiger partial charge in [-0.15, -0.1) is 0 Å². The maximum Gasteiger partial charge on any atom is 0.336 e. The molecule has 62 heavy (non-hydrogen) atoms. The maximum absolute atomic E-state index is 13.8. The Morgan fingerprint density at radius 3 is 1.10 bits per heavy atom. The minimum Gasteiger partial charge on any atom is -0.478 e. The molecule has 1 aromatic rings. The Morgan fingerprint density at radius 1 is 0.468 bits per heavy atom. The third-order valence-electron chi connectivity index (χ3n) is 12.0. The number of carboxylic acid groups (broad SMARTS) is 2. The fraction of sp³-hybridized carbons (Fsp3) is 0.760. The lowest BCUT2D eigenvalue weighted by atomic mass is 9.86. The molecular formula is C50H82O12. The van der Waals surface area contributed by atoms with E-state index in [0.29, 0.717) is 76.4 Å². The van der Waals surface area contributed by atoms with Crippen LogP contribution in [0, 0.1) is 11.8 Å². The Hall–Kier alpha value is -3.32. The SMILES string of the molecule is CCCCC(CC)COC(C)(C)C(=O)CCCCCOC(C)(C)C(=O)c1cc(C(=O)O)c(C(=O)C(C)(C)OCCCCCC(=O)C(C)(C)OCC(CC)CCCC)cc1C(=O)O. The van der Waals surface area contributed by atoms with Crippen LogP contribution >= 0.6 is 0 Å². The second-order valence-electron chi connectivity index (χ2n) is 18.9. The predicted octanol–water partition coefficient (Wildman–Crippen LogP) is 11.3. The van der Waals surface area contributed by atoms with E-state index in [1.54, 1.807) is 0 Å². The van der Waals surface area contributed by atoms with Gasteiger partial charge in [-0.2, -0.15) is 0 Å². The average molecular weight is 875 g/mol. The largest absolute Gasteiger partial charge is 0.478 e. The molecule has 0 heterocycles. The fourth-order valence-corrected chi connectivity index (χ4v) is 7.10. The lowest BCUT2D eigenvalue weighted by Crippen LogP contribution is -2.38. The average Bonchev–Trinajstić information content (AvgIpc) is 3.21. The molecule has 0 radical (unpaired) electrons. The summed E-state index contributed by atoms with van der Waals surface area (Å²) in [5.74, 6) is -3.63. The highest BCUT2D eigenvalue weighted by Gasteiger charge is 2.38. The highest BCUT2D eigenvalue weighted by molar-refractivity contribution is 6.15. The first-order valence-electron chi connectivity index (χ1n) is 23.3. The second kappa shape index (κ2) is 27.1. The van der Waals surface area contributed by atoms with Gasteiger partial charge < -0.3 is 29.2 Å². The van der Waals surface area contributed by atoms with Crippen molar-refractivity contribution in [2.75, 3.05) is 26.4 Å². The van der Waals surface area contributed by atoms with E-state index in [9.17, 15) is 39.0 Å². The van der Waals surface area contributed by atoms with E-state index >= 15 is 0 Å². The molecular weight excluding hydrogens is 793 g/mol. The first-order chi connectivity index (χ1) is 28.9. The minimum absolute atomic E-state index is 0.0236. The molecule has 2 unspecified atom stereocenters. The van der Waals surface area contributed by atoms with Gasteiger partial charge in [-0.25, -0.2) is 9.59 Å². The highest BCUT2D eigenvalue weighted by Crippen LogP contribution is 2.29. The van der Waals surface area contributed by atoms with Crippen molar-refractivity contribution in [1.82, 2.24) is 0 Å². The molecule has 1 aromatic carbocycles. The van der Waals surface area contributed by atoms with Crippen LogP contribution in [0.15, 0.2) is 12.1 Å². The predicted molar refractivity (Wildman–Crippen MR) is 243 cm³/mol. The van der Waals surface area contributed by atoms with Crippen LogP contribution in [-0.4, -0.2) is 94.1 Å². The van der Waals surface area contributed by atoms with Gasteiger partial charge >= 0.3 is 11.9 Å². The van der Waals surface area contributed by atoms with Crippen molar-refractivity contribution in [2.45, 2.75) is 208 Å². The number of hydrogen-bond donors (Lipinski definition) is 2. The number of ketones is 4. The molecule has 354 valence electrons. The molecule has 1 rings (SSSR count). The second-order valence-corrected chi connectivity index (χ2v) is 18.9. The molecule has 0 aromatic heterocycles. The van der Waals surface area contributed by atoms with Crippen LogP contribution < -0.4 is 0 Å². The number of carboxylic acids is 2. The van der Waals surface area contributed by atoms with E-state index in [0.717, 1.165) is 63.5 Å². The van der Waals surface area contributed by atoms with Crippen molar-refractivity contribution in [1.29, 1.82) is 0 Å². The molecule has 12 nitrogen and oxygen atoms in total. The molecule has 2 N–H and O–H groups in total. The Bertz CT molecular complexity index is 1490. The zero-order valence-electron chi connectivity index (χ0n) is 40.4. The number of hydrogen-bond acceptors (Lipinski definition) is 10. The maximum atomic E-state index is 13.8. The van der Waals surface area contributed by atoms with Gasteiger partial charge in [-0.05, 0) is 118 Å². The van der Waals surface area contributed by atoms with E-state index in [4.69, 9.17) is 18.9 Å². The van der Waals surface area contributed by atoms with Crippen LogP contribution in [-0.2, 0) is 28.5 Å². The molecule has 0 spiro atoms. The Kier molecular flexibility index (Phi) is 24.8. The van der Waals surface area contributed by atoms with Gasteiger partial charge in [0.25, 0.3) is 0 Å². The van der Waals surface area contributed by atoms with Gasteiger partial charge in [0, 0.05) is 37.2 Å². The number of benzene rings is 1. The molecule has 0 saturated carbocycles. The van der Waals surface area contributed by atoms with Crippen molar-refractivity contribution in [2.24, 2.45) is 11.8 Å². The van der Waals surface area contributed by atoms with Gasteiger partial charge in [0.2, 0.25) is 0 Å². The number of Topliss-reactive ketones (excluding diaryl/α,β-unsaturated/α-hetero) is 4. The van der Waals surface area contributed by atoms with Gasteiger partial charge in [0.15, 0.2) is 23.1 Å². The zero-order valence-corrected chi connectivity index (χ0v) is 40.4. The first kappa shape index (κ1) is 56.7. The lowest BCUT2D eigenvalue weighted by molar-refractivity contribution is -0.142. The molecule has 0 fully saturated rings. The van der Waals surface area contributed by atoms with Crippen molar-refractivity contribution >= 4 is 35.1 Å². The standard InChI is InChI=1S/C50H82O12/c1-13-17-25-35(15-3)33-61-47(5,6)41(51)27-21-19-23-29-59-49(9,10)43(53)37-31-40(46(57)58)38(32-39(37)45(55)56)44(54)50(11,12)60-30-24-20-22-28-42(52)48(7,8)62-34-36(16-4)26-18-14-2/h31-32,35-36H,13-30,33-34H2,1-12H3,(H,55,56)(H,57,58). The van der Waals surface area contributed by atoms with Crippen LogP contribution in [0.1, 0.15) is 227 Å². The molecule has 12 heteroatoms. The Balaban J connectivity index is 2.86. The third kappa shape index (κ3) is 18.8. The molecule has 2 atom stereocenters. The fourth-order valence-electron chi connectivity index (χ4n) is 7.10. The molecule has 0 aliphatic carbocycles. The smallest absolute Gasteiger partial charge is 0.336 e. The highest BCUT2D eigenvalue weighted by atomic mass is 16.5.